The summed E-state index contributed by atoms with van der Waals surface area (Å²) in [5, 5.41) is 1.14. The molecule has 0 fully saturated rings. The monoisotopic (exact) mass is 199 g/mol. The second-order valence-corrected chi connectivity index (χ2v) is 3.96. The van der Waals surface area contributed by atoms with Gasteiger partial charge in [0.1, 0.15) is 5.69 Å². The van der Waals surface area contributed by atoms with Crippen LogP contribution in [-0.2, 0) is 0 Å². The maximum atomic E-state index is 10.7. The molecule has 0 unspecified atom stereocenters. The van der Waals surface area contributed by atoms with Crippen LogP contribution in [0.5, 0.6) is 0 Å². The van der Waals surface area contributed by atoms with Crippen LogP contribution in [0, 0.1) is 20.8 Å². The summed E-state index contributed by atoms with van der Waals surface area (Å²) in [5.41, 5.74) is 4.89. The maximum Gasteiger partial charge on any atom is 0.168 e. The second kappa shape index (κ2) is 3.46. The third kappa shape index (κ3) is 1.63. The molecule has 2 heteroatoms. The number of benzene rings is 1. The summed E-state index contributed by atoms with van der Waals surface area (Å²) < 4.78 is 0. The zero-order valence-electron chi connectivity index (χ0n) is 9.16. The molecule has 0 aliphatic rings. The zero-order valence-corrected chi connectivity index (χ0v) is 9.16. The first-order chi connectivity index (χ1) is 7.11. The van der Waals surface area contributed by atoms with Crippen molar-refractivity contribution in [2.24, 2.45) is 0 Å². The predicted octanol–water partition coefficient (Wildman–Crippen LogP) is 2.97. The number of hydrogen-bond donors (Lipinski definition) is 0. The van der Waals surface area contributed by atoms with Crippen LogP contribution in [-0.4, -0.2) is 11.3 Å². The van der Waals surface area contributed by atoms with E-state index in [0.29, 0.717) is 5.69 Å². The van der Waals surface area contributed by atoms with Crippen molar-refractivity contribution in [3.8, 4) is 0 Å². The van der Waals surface area contributed by atoms with E-state index in [9.17, 15) is 4.79 Å². The Morgan fingerprint density at radius 3 is 2.47 bits per heavy atom. The fourth-order valence-electron chi connectivity index (χ4n) is 1.93. The molecule has 0 radical (unpaired) electrons. The minimum Gasteiger partial charge on any atom is -0.296 e. The maximum absolute atomic E-state index is 10.7. The van der Waals surface area contributed by atoms with Crippen LogP contribution in [0.3, 0.4) is 0 Å². The van der Waals surface area contributed by atoms with E-state index >= 15 is 0 Å². The number of carbonyl (C=O) groups is 1. The third-order valence-corrected chi connectivity index (χ3v) is 2.60. The summed E-state index contributed by atoms with van der Waals surface area (Å²) >= 11 is 0. The molecule has 0 amide bonds. The van der Waals surface area contributed by atoms with Gasteiger partial charge in [0.25, 0.3) is 0 Å². The third-order valence-electron chi connectivity index (χ3n) is 2.60. The van der Waals surface area contributed by atoms with Gasteiger partial charge in [0.2, 0.25) is 0 Å². The molecule has 2 aromatic rings. The van der Waals surface area contributed by atoms with Gasteiger partial charge in [0, 0.05) is 5.39 Å². The summed E-state index contributed by atoms with van der Waals surface area (Å²) in [6.45, 7) is 6.10. The molecule has 15 heavy (non-hydrogen) atoms. The Bertz CT molecular complexity index is 544. The van der Waals surface area contributed by atoms with Crippen LogP contribution < -0.4 is 0 Å². The van der Waals surface area contributed by atoms with Gasteiger partial charge in [-0.25, -0.2) is 4.98 Å². The van der Waals surface area contributed by atoms with E-state index < -0.39 is 0 Å². The average Bonchev–Trinajstić information content (AvgIpc) is 2.19. The minimum atomic E-state index is 0.506. The van der Waals surface area contributed by atoms with E-state index in [1.807, 2.05) is 19.9 Å². The number of aromatic nitrogens is 1. The van der Waals surface area contributed by atoms with E-state index in [-0.39, 0.29) is 0 Å². The first-order valence-electron chi connectivity index (χ1n) is 4.95. The highest BCUT2D eigenvalue weighted by Crippen LogP contribution is 2.22. The van der Waals surface area contributed by atoms with Crippen molar-refractivity contribution in [2.75, 3.05) is 0 Å². The SMILES string of the molecule is Cc1cc(C)c2nc(C=O)cc(C)c2c1. The highest BCUT2D eigenvalue weighted by molar-refractivity contribution is 5.88. The van der Waals surface area contributed by atoms with Crippen molar-refractivity contribution < 1.29 is 4.79 Å². The van der Waals surface area contributed by atoms with Crippen molar-refractivity contribution in [3.05, 3.63) is 40.6 Å². The van der Waals surface area contributed by atoms with E-state index in [4.69, 9.17) is 0 Å². The molecule has 0 aliphatic carbocycles. The molecule has 1 heterocycles. The number of fused-ring (bicyclic) bond motifs is 1. The molecular formula is C13H13NO. The van der Waals surface area contributed by atoms with Crippen LogP contribution >= 0.6 is 0 Å². The number of aryl methyl sites for hydroxylation is 3. The van der Waals surface area contributed by atoms with Crippen molar-refractivity contribution in [1.82, 2.24) is 4.98 Å². The topological polar surface area (TPSA) is 30.0 Å². The van der Waals surface area contributed by atoms with Gasteiger partial charge in [-0.2, -0.15) is 0 Å². The van der Waals surface area contributed by atoms with Crippen LogP contribution in [0.25, 0.3) is 10.9 Å². The molecule has 1 aromatic heterocycles. The fraction of sp³-hybridized carbons (Fsp3) is 0.231. The molecule has 2 nitrogen and oxygen atoms in total. The van der Waals surface area contributed by atoms with E-state index in [0.717, 1.165) is 28.3 Å². The van der Waals surface area contributed by atoms with Crippen LogP contribution in [0.2, 0.25) is 0 Å². The largest absolute Gasteiger partial charge is 0.296 e. The van der Waals surface area contributed by atoms with Gasteiger partial charge in [-0.3, -0.25) is 4.79 Å². The summed E-state index contributed by atoms with van der Waals surface area (Å²) in [7, 11) is 0. The first-order valence-corrected chi connectivity index (χ1v) is 4.95. The second-order valence-electron chi connectivity index (χ2n) is 3.96. The summed E-state index contributed by atoms with van der Waals surface area (Å²) in [4.78, 5) is 15.0. The van der Waals surface area contributed by atoms with Crippen molar-refractivity contribution >= 4 is 17.2 Å². The van der Waals surface area contributed by atoms with Crippen molar-refractivity contribution in [3.63, 3.8) is 0 Å². The number of rotatable bonds is 1. The smallest absolute Gasteiger partial charge is 0.168 e. The molecule has 0 aliphatic heterocycles. The summed E-state index contributed by atoms with van der Waals surface area (Å²) in [6.07, 6.45) is 0.797. The molecule has 2 rings (SSSR count). The highest BCUT2D eigenvalue weighted by atomic mass is 16.1. The normalized spacial score (nSPS) is 10.6. The number of carbonyl (C=O) groups excluding carboxylic acids is 1. The Labute approximate surface area is 89.0 Å². The molecule has 0 saturated carbocycles. The van der Waals surface area contributed by atoms with Crippen LogP contribution in [0.15, 0.2) is 18.2 Å². The quantitative estimate of drug-likeness (QED) is 0.661. The number of pyridine rings is 1. The van der Waals surface area contributed by atoms with E-state index in [1.165, 1.54) is 5.56 Å². The Hall–Kier alpha value is -1.70. The lowest BCUT2D eigenvalue weighted by atomic mass is 10.0. The van der Waals surface area contributed by atoms with Gasteiger partial charge >= 0.3 is 0 Å². The Morgan fingerprint density at radius 1 is 1.07 bits per heavy atom. The molecular weight excluding hydrogens is 186 g/mol. The standard InChI is InChI=1S/C13H13NO/c1-8-4-10(3)13-12(5-8)9(2)6-11(7-15)14-13/h4-7H,1-3H3. The average molecular weight is 199 g/mol. The van der Waals surface area contributed by atoms with Crippen LogP contribution in [0.1, 0.15) is 27.2 Å². The molecule has 1 aromatic carbocycles. The molecule has 0 bridgehead atoms. The van der Waals surface area contributed by atoms with Gasteiger partial charge < -0.3 is 0 Å². The highest BCUT2D eigenvalue weighted by Gasteiger charge is 2.05. The Balaban J connectivity index is 2.91. The molecule has 0 atom stereocenters. The number of hydrogen-bond acceptors (Lipinski definition) is 2. The predicted molar refractivity (Wildman–Crippen MR) is 61.3 cm³/mol. The fourth-order valence-corrected chi connectivity index (χ4v) is 1.93. The Morgan fingerprint density at radius 2 is 1.80 bits per heavy atom. The number of nitrogens with zero attached hydrogens (tertiary/aromatic N) is 1. The lowest BCUT2D eigenvalue weighted by Crippen LogP contribution is -1.93. The summed E-state index contributed by atoms with van der Waals surface area (Å²) in [6, 6.07) is 6.02. The van der Waals surface area contributed by atoms with Gasteiger partial charge in [-0.15, -0.1) is 0 Å². The van der Waals surface area contributed by atoms with Gasteiger partial charge in [0.05, 0.1) is 5.52 Å². The molecule has 76 valence electrons. The van der Waals surface area contributed by atoms with Gasteiger partial charge in [-0.05, 0) is 44.0 Å². The Kier molecular flexibility index (Phi) is 2.27. The lowest BCUT2D eigenvalue weighted by Gasteiger charge is -2.07. The van der Waals surface area contributed by atoms with Crippen molar-refractivity contribution in [1.29, 1.82) is 0 Å². The van der Waals surface area contributed by atoms with E-state index in [1.54, 1.807) is 0 Å². The number of aldehydes is 1. The lowest BCUT2D eigenvalue weighted by molar-refractivity contribution is 0.111. The molecule has 0 N–H and O–H groups in total. The van der Waals surface area contributed by atoms with Crippen LogP contribution in [0.4, 0.5) is 0 Å². The zero-order chi connectivity index (χ0) is 11.0. The summed E-state index contributed by atoms with van der Waals surface area (Å²) in [5.74, 6) is 0. The van der Waals surface area contributed by atoms with E-state index in [2.05, 4.69) is 24.0 Å². The van der Waals surface area contributed by atoms with Gasteiger partial charge in [-0.1, -0.05) is 11.6 Å². The van der Waals surface area contributed by atoms with Crippen molar-refractivity contribution in [2.45, 2.75) is 20.8 Å². The molecule has 0 spiro atoms. The first kappa shape index (κ1) is 9.84. The minimum absolute atomic E-state index is 0.506. The molecule has 0 saturated heterocycles. The van der Waals surface area contributed by atoms with Gasteiger partial charge in [0.15, 0.2) is 6.29 Å².